The Morgan fingerprint density at radius 1 is 0.909 bits per heavy atom. The van der Waals surface area contributed by atoms with E-state index in [2.05, 4.69) is 5.32 Å². The summed E-state index contributed by atoms with van der Waals surface area (Å²) in [6.45, 7) is 9.56. The van der Waals surface area contributed by atoms with Gasteiger partial charge in [-0.1, -0.05) is 90.0 Å². The summed E-state index contributed by atoms with van der Waals surface area (Å²) in [6.07, 6.45) is -0.612. The summed E-state index contributed by atoms with van der Waals surface area (Å²) in [4.78, 5) is 12.6. The van der Waals surface area contributed by atoms with Crippen molar-refractivity contribution in [3.05, 3.63) is 106 Å². The smallest absolute Gasteiger partial charge is 0.323 e. The zero-order chi connectivity index (χ0) is 24.2. The summed E-state index contributed by atoms with van der Waals surface area (Å²) < 4.78 is 6.09. The second-order valence-electron chi connectivity index (χ2n) is 9.36. The zero-order valence-corrected chi connectivity index (χ0v) is 20.6. The highest BCUT2D eigenvalue weighted by molar-refractivity contribution is 6.31. The summed E-state index contributed by atoms with van der Waals surface area (Å²) >= 11 is 6.77. The van der Waals surface area contributed by atoms with Gasteiger partial charge in [-0.3, -0.25) is 10.1 Å². The lowest BCUT2D eigenvalue weighted by molar-refractivity contribution is -0.148. The summed E-state index contributed by atoms with van der Waals surface area (Å²) in [5.74, 6) is -0.994. The first kappa shape index (κ1) is 25.0. The second kappa shape index (κ2) is 10.1. The topological polar surface area (TPSA) is 58.6 Å². The Bertz CT molecular complexity index is 1080. The van der Waals surface area contributed by atoms with Crippen LogP contribution in [0.2, 0.25) is 5.02 Å². The second-order valence-corrected chi connectivity index (χ2v) is 9.76. The van der Waals surface area contributed by atoms with Gasteiger partial charge in [-0.05, 0) is 57.4 Å². The number of benzene rings is 3. The third kappa shape index (κ3) is 5.64. The number of carboxylic acids is 1. The lowest BCUT2D eigenvalue weighted by atomic mass is 9.76. The van der Waals surface area contributed by atoms with Crippen LogP contribution in [0.15, 0.2) is 78.9 Å². The molecule has 0 aromatic heterocycles. The standard InChI is InChI=1S/C28H32ClNO3/c1-19-15-17-22(18-16-19)28(21-11-7-6-8-12-21,23-13-9-10-14-24(23)29)30-25(26(31)32)20(2)33-27(3,4)5/h6-18,20,25,30H,1-5H3,(H,31,32)/t20-,25+,28?/m1/s1. The molecule has 0 heterocycles. The molecule has 0 aliphatic heterocycles. The van der Waals surface area contributed by atoms with E-state index in [0.29, 0.717) is 5.02 Å². The summed E-state index contributed by atoms with van der Waals surface area (Å²) in [5, 5.41) is 14.3. The molecule has 33 heavy (non-hydrogen) atoms. The summed E-state index contributed by atoms with van der Waals surface area (Å²) in [5.41, 5.74) is 2.14. The van der Waals surface area contributed by atoms with E-state index in [4.69, 9.17) is 16.3 Å². The first-order chi connectivity index (χ1) is 15.5. The summed E-state index contributed by atoms with van der Waals surface area (Å²) in [7, 11) is 0. The van der Waals surface area contributed by atoms with Gasteiger partial charge < -0.3 is 9.84 Å². The van der Waals surface area contributed by atoms with E-state index < -0.39 is 29.3 Å². The normalized spacial score (nSPS) is 15.5. The van der Waals surface area contributed by atoms with Crippen LogP contribution in [0.25, 0.3) is 0 Å². The number of ether oxygens (including phenoxy) is 1. The lowest BCUT2D eigenvalue weighted by Crippen LogP contribution is -2.57. The number of carboxylic acid groups (broad SMARTS) is 1. The molecule has 3 aromatic carbocycles. The molecule has 1 unspecified atom stereocenters. The Morgan fingerprint density at radius 3 is 2.00 bits per heavy atom. The minimum absolute atomic E-state index is 0.502. The summed E-state index contributed by atoms with van der Waals surface area (Å²) in [6, 6.07) is 24.4. The quantitative estimate of drug-likeness (QED) is 0.389. The molecule has 0 spiro atoms. The number of aliphatic carboxylic acids is 1. The van der Waals surface area contributed by atoms with Crippen LogP contribution in [-0.2, 0) is 15.1 Å². The van der Waals surface area contributed by atoms with Crippen LogP contribution in [0.3, 0.4) is 0 Å². The maximum absolute atomic E-state index is 12.6. The van der Waals surface area contributed by atoms with Crippen LogP contribution in [-0.4, -0.2) is 28.8 Å². The van der Waals surface area contributed by atoms with Crippen molar-refractivity contribution in [2.75, 3.05) is 0 Å². The molecule has 0 bridgehead atoms. The highest BCUT2D eigenvalue weighted by Crippen LogP contribution is 2.41. The maximum Gasteiger partial charge on any atom is 0.323 e. The Morgan fingerprint density at radius 2 is 1.45 bits per heavy atom. The average molecular weight is 466 g/mol. The van der Waals surface area contributed by atoms with E-state index in [1.807, 2.05) is 107 Å². The maximum atomic E-state index is 12.6. The number of hydrogen-bond donors (Lipinski definition) is 2. The van der Waals surface area contributed by atoms with E-state index in [1.165, 1.54) is 0 Å². The SMILES string of the molecule is Cc1ccc(C(N[C@H](C(=O)O)[C@@H](C)OC(C)(C)C)(c2ccccc2)c2ccccc2Cl)cc1. The van der Waals surface area contributed by atoms with Gasteiger partial charge in [0.25, 0.3) is 0 Å². The van der Waals surface area contributed by atoms with E-state index >= 15 is 0 Å². The predicted octanol–water partition coefficient (Wildman–Crippen LogP) is 6.19. The van der Waals surface area contributed by atoms with Gasteiger partial charge >= 0.3 is 5.97 Å². The largest absolute Gasteiger partial charge is 0.480 e. The number of rotatable bonds is 8. The van der Waals surface area contributed by atoms with Crippen molar-refractivity contribution in [2.24, 2.45) is 0 Å². The molecule has 0 aliphatic rings. The third-order valence-corrected chi connectivity index (χ3v) is 5.95. The van der Waals surface area contributed by atoms with Crippen molar-refractivity contribution in [1.29, 1.82) is 0 Å². The van der Waals surface area contributed by atoms with Gasteiger partial charge in [0.15, 0.2) is 0 Å². The van der Waals surface area contributed by atoms with Crippen LogP contribution in [0.1, 0.15) is 49.9 Å². The first-order valence-electron chi connectivity index (χ1n) is 11.1. The van der Waals surface area contributed by atoms with Crippen molar-refractivity contribution < 1.29 is 14.6 Å². The molecule has 0 fully saturated rings. The van der Waals surface area contributed by atoms with Crippen molar-refractivity contribution in [3.63, 3.8) is 0 Å². The van der Waals surface area contributed by atoms with Crippen molar-refractivity contribution in [3.8, 4) is 0 Å². The van der Waals surface area contributed by atoms with Gasteiger partial charge in [0, 0.05) is 5.02 Å². The molecule has 0 saturated heterocycles. The van der Waals surface area contributed by atoms with Crippen LogP contribution >= 0.6 is 11.6 Å². The van der Waals surface area contributed by atoms with E-state index in [0.717, 1.165) is 22.3 Å². The van der Waals surface area contributed by atoms with Gasteiger partial charge in [-0.2, -0.15) is 0 Å². The Labute approximate surface area is 201 Å². The van der Waals surface area contributed by atoms with Crippen LogP contribution < -0.4 is 5.32 Å². The molecule has 4 nitrogen and oxygen atoms in total. The fraction of sp³-hybridized carbons (Fsp3) is 0.321. The molecule has 174 valence electrons. The average Bonchev–Trinajstić information content (AvgIpc) is 2.75. The van der Waals surface area contributed by atoms with Gasteiger partial charge in [0.1, 0.15) is 6.04 Å². The zero-order valence-electron chi connectivity index (χ0n) is 19.8. The molecule has 3 rings (SSSR count). The van der Waals surface area contributed by atoms with Crippen molar-refractivity contribution in [2.45, 2.75) is 57.9 Å². The molecule has 3 aromatic rings. The molecule has 3 atom stereocenters. The van der Waals surface area contributed by atoms with Gasteiger partial charge in [0.2, 0.25) is 0 Å². The number of carbonyl (C=O) groups is 1. The molecule has 0 radical (unpaired) electrons. The van der Waals surface area contributed by atoms with Crippen molar-refractivity contribution >= 4 is 17.6 Å². The van der Waals surface area contributed by atoms with E-state index in [1.54, 1.807) is 6.92 Å². The highest BCUT2D eigenvalue weighted by Gasteiger charge is 2.43. The monoisotopic (exact) mass is 465 g/mol. The lowest BCUT2D eigenvalue weighted by Gasteiger charge is -2.41. The van der Waals surface area contributed by atoms with Crippen LogP contribution in [0, 0.1) is 6.92 Å². The molecule has 0 aliphatic carbocycles. The molecular formula is C28H32ClNO3. The number of aryl methyl sites for hydroxylation is 1. The predicted molar refractivity (Wildman–Crippen MR) is 134 cm³/mol. The number of hydrogen-bond acceptors (Lipinski definition) is 3. The minimum Gasteiger partial charge on any atom is -0.480 e. The Balaban J connectivity index is 2.30. The van der Waals surface area contributed by atoms with Gasteiger partial charge in [-0.25, -0.2) is 0 Å². The van der Waals surface area contributed by atoms with E-state index in [9.17, 15) is 9.90 Å². The minimum atomic E-state index is -1.02. The molecule has 0 saturated carbocycles. The van der Waals surface area contributed by atoms with Crippen LogP contribution in [0.4, 0.5) is 0 Å². The van der Waals surface area contributed by atoms with Gasteiger partial charge in [0.05, 0.1) is 17.2 Å². The third-order valence-electron chi connectivity index (χ3n) is 5.62. The Hall–Kier alpha value is -2.66. The van der Waals surface area contributed by atoms with E-state index in [-0.39, 0.29) is 0 Å². The van der Waals surface area contributed by atoms with Crippen molar-refractivity contribution in [1.82, 2.24) is 5.32 Å². The molecular weight excluding hydrogens is 434 g/mol. The van der Waals surface area contributed by atoms with Gasteiger partial charge in [-0.15, -0.1) is 0 Å². The molecule has 5 heteroatoms. The number of nitrogens with one attached hydrogen (secondary N) is 1. The van der Waals surface area contributed by atoms with Crippen LogP contribution in [0.5, 0.6) is 0 Å². The highest BCUT2D eigenvalue weighted by atomic mass is 35.5. The molecule has 2 N–H and O–H groups in total. The fourth-order valence-corrected chi connectivity index (χ4v) is 4.50. The molecule has 0 amide bonds. The number of halogens is 1. The Kier molecular flexibility index (Phi) is 7.63. The fourth-order valence-electron chi connectivity index (χ4n) is 4.22. The first-order valence-corrected chi connectivity index (χ1v) is 11.5.